The Balaban J connectivity index is 2.02. The molecule has 0 aliphatic carbocycles. The van der Waals surface area contributed by atoms with Crippen molar-refractivity contribution in [1.29, 1.82) is 0 Å². The number of piperidine rings is 1. The first kappa shape index (κ1) is 10.7. The van der Waals surface area contributed by atoms with Crippen molar-refractivity contribution in [1.82, 2.24) is 10.2 Å². The highest BCUT2D eigenvalue weighted by Gasteiger charge is 2.14. The van der Waals surface area contributed by atoms with Crippen molar-refractivity contribution >= 4 is 0 Å². The summed E-state index contributed by atoms with van der Waals surface area (Å²) in [5.74, 6) is 0. The molecule has 0 aromatic carbocycles. The van der Waals surface area contributed by atoms with Crippen LogP contribution in [0.25, 0.3) is 0 Å². The molecular formula is C11H22N2. The Morgan fingerprint density at radius 2 is 2.08 bits per heavy atom. The summed E-state index contributed by atoms with van der Waals surface area (Å²) in [6.07, 6.45) is 8.14. The summed E-state index contributed by atoms with van der Waals surface area (Å²) in [5.41, 5.74) is 0. The molecule has 0 bridgehead atoms. The second-order valence-electron chi connectivity index (χ2n) is 3.89. The highest BCUT2D eigenvalue weighted by Crippen LogP contribution is 2.07. The van der Waals surface area contributed by atoms with Crippen LogP contribution in [0.3, 0.4) is 0 Å². The second-order valence-corrected chi connectivity index (χ2v) is 3.89. The van der Waals surface area contributed by atoms with E-state index in [9.17, 15) is 0 Å². The van der Waals surface area contributed by atoms with Gasteiger partial charge in [0.2, 0.25) is 0 Å². The Morgan fingerprint density at radius 1 is 1.38 bits per heavy atom. The third-order valence-corrected chi connectivity index (χ3v) is 2.70. The van der Waals surface area contributed by atoms with Gasteiger partial charge >= 0.3 is 0 Å². The maximum absolute atomic E-state index is 3.60. The van der Waals surface area contributed by atoms with Crippen molar-refractivity contribution in [2.45, 2.75) is 32.2 Å². The number of nitrogens with zero attached hydrogens (tertiary/aromatic N) is 1. The van der Waals surface area contributed by atoms with Crippen LogP contribution in [0, 0.1) is 0 Å². The summed E-state index contributed by atoms with van der Waals surface area (Å²) in [5, 5.41) is 3.60. The third-order valence-electron chi connectivity index (χ3n) is 2.70. The van der Waals surface area contributed by atoms with Crippen molar-refractivity contribution in [2.75, 3.05) is 26.7 Å². The van der Waals surface area contributed by atoms with Gasteiger partial charge in [-0.05, 0) is 52.9 Å². The molecule has 0 radical (unpaired) electrons. The van der Waals surface area contributed by atoms with Gasteiger partial charge in [-0.25, -0.2) is 0 Å². The number of hydrogen-bond acceptors (Lipinski definition) is 2. The van der Waals surface area contributed by atoms with E-state index in [0.29, 0.717) is 0 Å². The minimum Gasteiger partial charge on any atom is -0.314 e. The summed E-state index contributed by atoms with van der Waals surface area (Å²) in [7, 11) is 2.20. The van der Waals surface area contributed by atoms with Gasteiger partial charge in [-0.15, -0.1) is 0 Å². The lowest BCUT2D eigenvalue weighted by molar-refractivity contribution is 0.235. The molecule has 1 saturated heterocycles. The molecule has 2 nitrogen and oxygen atoms in total. The minimum absolute atomic E-state index is 0.765. The quantitative estimate of drug-likeness (QED) is 0.525. The monoisotopic (exact) mass is 182 g/mol. The summed E-state index contributed by atoms with van der Waals surface area (Å²) >= 11 is 0. The minimum atomic E-state index is 0.765. The van der Waals surface area contributed by atoms with Gasteiger partial charge < -0.3 is 10.2 Å². The standard InChI is InChI=1S/C11H22N2/c1-3-4-5-8-12-11-6-9-13(2)10-7-11/h3-4,11-12H,5-10H2,1-2H3/b4-3-. The largest absolute Gasteiger partial charge is 0.314 e. The summed E-state index contributed by atoms with van der Waals surface area (Å²) in [4.78, 5) is 2.41. The average molecular weight is 182 g/mol. The van der Waals surface area contributed by atoms with E-state index < -0.39 is 0 Å². The third kappa shape index (κ3) is 4.44. The van der Waals surface area contributed by atoms with E-state index in [1.807, 2.05) is 0 Å². The zero-order valence-corrected chi connectivity index (χ0v) is 8.92. The molecule has 76 valence electrons. The fraction of sp³-hybridized carbons (Fsp3) is 0.818. The van der Waals surface area contributed by atoms with Gasteiger partial charge in [0.15, 0.2) is 0 Å². The number of nitrogens with one attached hydrogen (secondary N) is 1. The Kier molecular flexibility index (Phi) is 5.09. The lowest BCUT2D eigenvalue weighted by Crippen LogP contribution is -2.41. The first-order chi connectivity index (χ1) is 6.33. The van der Waals surface area contributed by atoms with Gasteiger partial charge in [0.1, 0.15) is 0 Å². The lowest BCUT2D eigenvalue weighted by Gasteiger charge is -2.29. The van der Waals surface area contributed by atoms with Crippen LogP contribution in [0.5, 0.6) is 0 Å². The normalized spacial score (nSPS) is 21.4. The van der Waals surface area contributed by atoms with Crippen molar-refractivity contribution in [3.63, 3.8) is 0 Å². The number of hydrogen-bond donors (Lipinski definition) is 1. The van der Waals surface area contributed by atoms with Crippen molar-refractivity contribution in [3.8, 4) is 0 Å². The van der Waals surface area contributed by atoms with Gasteiger partial charge in [-0.1, -0.05) is 12.2 Å². The number of allylic oxidation sites excluding steroid dienone is 1. The summed E-state index contributed by atoms with van der Waals surface area (Å²) in [6, 6.07) is 0.765. The van der Waals surface area contributed by atoms with Crippen molar-refractivity contribution in [3.05, 3.63) is 12.2 Å². The maximum atomic E-state index is 3.60. The number of likely N-dealkylation sites (tertiary alicyclic amines) is 1. The fourth-order valence-electron chi connectivity index (χ4n) is 1.75. The zero-order chi connectivity index (χ0) is 9.52. The molecule has 0 saturated carbocycles. The van der Waals surface area contributed by atoms with Crippen LogP contribution in [0.1, 0.15) is 26.2 Å². The van der Waals surface area contributed by atoms with Gasteiger partial charge in [0, 0.05) is 6.04 Å². The second kappa shape index (κ2) is 6.17. The molecule has 0 aromatic heterocycles. The molecule has 0 aromatic rings. The van der Waals surface area contributed by atoms with Crippen LogP contribution in [-0.4, -0.2) is 37.6 Å². The highest BCUT2D eigenvalue weighted by atomic mass is 15.1. The van der Waals surface area contributed by atoms with Gasteiger partial charge in [0.05, 0.1) is 0 Å². The van der Waals surface area contributed by atoms with E-state index in [1.54, 1.807) is 0 Å². The van der Waals surface area contributed by atoms with Gasteiger partial charge in [-0.2, -0.15) is 0 Å². The molecular weight excluding hydrogens is 160 g/mol. The summed E-state index contributed by atoms with van der Waals surface area (Å²) < 4.78 is 0. The van der Waals surface area contributed by atoms with Crippen molar-refractivity contribution in [2.24, 2.45) is 0 Å². The Labute approximate surface area is 82.0 Å². The van der Waals surface area contributed by atoms with E-state index >= 15 is 0 Å². The molecule has 1 fully saturated rings. The maximum Gasteiger partial charge on any atom is 0.00915 e. The van der Waals surface area contributed by atoms with Gasteiger partial charge in [0.25, 0.3) is 0 Å². The summed E-state index contributed by atoms with van der Waals surface area (Å²) in [6.45, 7) is 5.72. The van der Waals surface area contributed by atoms with Crippen LogP contribution in [0.15, 0.2) is 12.2 Å². The fourth-order valence-corrected chi connectivity index (χ4v) is 1.75. The molecule has 0 unspecified atom stereocenters. The van der Waals surface area contributed by atoms with Crippen LogP contribution in [-0.2, 0) is 0 Å². The van der Waals surface area contributed by atoms with Crippen molar-refractivity contribution < 1.29 is 0 Å². The first-order valence-electron chi connectivity index (χ1n) is 5.36. The molecule has 1 aliphatic heterocycles. The van der Waals surface area contributed by atoms with Gasteiger partial charge in [-0.3, -0.25) is 0 Å². The SMILES string of the molecule is C/C=C\CCNC1CCN(C)CC1. The van der Waals surface area contributed by atoms with E-state index in [0.717, 1.165) is 12.6 Å². The average Bonchev–Trinajstić information content (AvgIpc) is 2.15. The Bertz CT molecular complexity index is 146. The Morgan fingerprint density at radius 3 is 2.69 bits per heavy atom. The predicted octanol–water partition coefficient (Wildman–Crippen LogP) is 1.64. The van der Waals surface area contributed by atoms with E-state index in [4.69, 9.17) is 0 Å². The van der Waals surface area contributed by atoms with Crippen LogP contribution in [0.2, 0.25) is 0 Å². The first-order valence-corrected chi connectivity index (χ1v) is 5.36. The highest BCUT2D eigenvalue weighted by molar-refractivity contribution is 4.80. The number of rotatable bonds is 4. The molecule has 1 N–H and O–H groups in total. The lowest BCUT2D eigenvalue weighted by atomic mass is 10.1. The van der Waals surface area contributed by atoms with E-state index in [2.05, 4.69) is 36.3 Å². The molecule has 1 rings (SSSR count). The topological polar surface area (TPSA) is 15.3 Å². The van der Waals surface area contributed by atoms with E-state index in [-0.39, 0.29) is 0 Å². The molecule has 1 heterocycles. The zero-order valence-electron chi connectivity index (χ0n) is 8.92. The molecule has 1 aliphatic rings. The smallest absolute Gasteiger partial charge is 0.00915 e. The van der Waals surface area contributed by atoms with Crippen LogP contribution >= 0.6 is 0 Å². The van der Waals surface area contributed by atoms with Crippen LogP contribution in [0.4, 0.5) is 0 Å². The molecule has 0 amide bonds. The predicted molar refractivity (Wildman–Crippen MR) is 58.0 cm³/mol. The van der Waals surface area contributed by atoms with E-state index in [1.165, 1.54) is 32.4 Å². The Hall–Kier alpha value is -0.340. The molecule has 0 spiro atoms. The molecule has 13 heavy (non-hydrogen) atoms. The molecule has 2 heteroatoms. The molecule has 0 atom stereocenters. The van der Waals surface area contributed by atoms with Crippen LogP contribution < -0.4 is 5.32 Å².